The van der Waals surface area contributed by atoms with Gasteiger partial charge in [-0.2, -0.15) is 0 Å². The third-order valence-corrected chi connectivity index (χ3v) is 3.01. The van der Waals surface area contributed by atoms with E-state index in [2.05, 4.69) is 0 Å². The number of furan rings is 1. The van der Waals surface area contributed by atoms with Crippen LogP contribution in [-0.4, -0.2) is 5.24 Å². The van der Waals surface area contributed by atoms with E-state index in [4.69, 9.17) is 16.0 Å². The van der Waals surface area contributed by atoms with E-state index in [1.807, 2.05) is 48.5 Å². The molecule has 0 radical (unpaired) electrons. The third-order valence-electron chi connectivity index (χ3n) is 2.82. The molecule has 1 aromatic heterocycles. The molecule has 0 N–H and O–H groups in total. The Balaban J connectivity index is 2.14. The lowest BCUT2D eigenvalue weighted by molar-refractivity contribution is 0.105. The first kappa shape index (κ1) is 11.1. The summed E-state index contributed by atoms with van der Waals surface area (Å²) in [7, 11) is 0. The van der Waals surface area contributed by atoms with Gasteiger partial charge in [0.15, 0.2) is 5.76 Å². The molecule has 0 saturated carbocycles. The van der Waals surface area contributed by atoms with Crippen molar-refractivity contribution in [2.24, 2.45) is 0 Å². The van der Waals surface area contributed by atoms with Crippen LogP contribution in [0.3, 0.4) is 0 Å². The van der Waals surface area contributed by atoms with E-state index in [0.29, 0.717) is 5.58 Å². The molecule has 2 nitrogen and oxygen atoms in total. The molecule has 0 aliphatic rings. The van der Waals surface area contributed by atoms with Crippen LogP contribution >= 0.6 is 11.6 Å². The Kier molecular flexibility index (Phi) is 2.65. The zero-order valence-electron chi connectivity index (χ0n) is 9.39. The highest BCUT2D eigenvalue weighted by Gasteiger charge is 2.10. The number of halogens is 1. The van der Waals surface area contributed by atoms with Gasteiger partial charge in [-0.3, -0.25) is 4.79 Å². The quantitative estimate of drug-likeness (QED) is 0.633. The minimum Gasteiger partial charge on any atom is -0.452 e. The molecule has 18 heavy (non-hydrogen) atoms. The highest BCUT2D eigenvalue weighted by atomic mass is 35.5. The Labute approximate surface area is 109 Å². The van der Waals surface area contributed by atoms with E-state index >= 15 is 0 Å². The molecule has 0 atom stereocenters. The highest BCUT2D eigenvalue weighted by Crippen LogP contribution is 2.27. The normalized spacial score (nSPS) is 10.7. The standard InChI is InChI=1S/C15H9ClO2/c16-15(17)14-9-12-7-6-11(8-13(12)18-14)10-4-2-1-3-5-10/h1-9H. The lowest BCUT2D eigenvalue weighted by Gasteiger charge is -2.00. The van der Waals surface area contributed by atoms with Gasteiger partial charge in [-0.1, -0.05) is 42.5 Å². The number of carbonyl (C=O) groups excluding carboxylic acids is 1. The summed E-state index contributed by atoms with van der Waals surface area (Å²) in [5.41, 5.74) is 2.82. The maximum Gasteiger partial charge on any atom is 0.287 e. The van der Waals surface area contributed by atoms with Crippen LogP contribution in [0, 0.1) is 0 Å². The molecule has 0 amide bonds. The zero-order chi connectivity index (χ0) is 12.5. The highest BCUT2D eigenvalue weighted by molar-refractivity contribution is 6.67. The second-order valence-electron chi connectivity index (χ2n) is 4.00. The topological polar surface area (TPSA) is 30.2 Å². The van der Waals surface area contributed by atoms with Gasteiger partial charge in [0, 0.05) is 5.39 Å². The van der Waals surface area contributed by atoms with Crippen molar-refractivity contribution in [3.8, 4) is 11.1 Å². The molecule has 3 aromatic rings. The summed E-state index contributed by atoms with van der Waals surface area (Å²) in [5, 5.41) is 0.297. The molecule has 0 aliphatic heterocycles. The van der Waals surface area contributed by atoms with Gasteiger partial charge in [-0.15, -0.1) is 0 Å². The molecule has 3 heteroatoms. The molecular formula is C15H9ClO2. The molecule has 0 aliphatic carbocycles. The molecule has 0 bridgehead atoms. The number of fused-ring (bicyclic) bond motifs is 1. The largest absolute Gasteiger partial charge is 0.452 e. The van der Waals surface area contributed by atoms with Crippen LogP contribution in [0.15, 0.2) is 59.0 Å². The van der Waals surface area contributed by atoms with Gasteiger partial charge in [0.2, 0.25) is 0 Å². The van der Waals surface area contributed by atoms with E-state index in [1.54, 1.807) is 6.07 Å². The fourth-order valence-electron chi connectivity index (χ4n) is 1.94. The first-order valence-corrected chi connectivity index (χ1v) is 5.91. The molecule has 2 aromatic carbocycles. The monoisotopic (exact) mass is 256 g/mol. The molecule has 0 fully saturated rings. The summed E-state index contributed by atoms with van der Waals surface area (Å²) < 4.78 is 5.41. The van der Waals surface area contributed by atoms with Crippen molar-refractivity contribution < 1.29 is 9.21 Å². The van der Waals surface area contributed by atoms with Crippen LogP contribution in [-0.2, 0) is 0 Å². The molecule has 3 rings (SSSR count). The zero-order valence-corrected chi connectivity index (χ0v) is 10.1. The minimum atomic E-state index is -0.576. The average Bonchev–Trinajstić information content (AvgIpc) is 2.82. The van der Waals surface area contributed by atoms with Crippen molar-refractivity contribution in [1.29, 1.82) is 0 Å². The number of hydrogen-bond acceptors (Lipinski definition) is 2. The first-order valence-electron chi connectivity index (χ1n) is 5.53. The number of rotatable bonds is 2. The predicted octanol–water partition coefficient (Wildman–Crippen LogP) is 4.48. The lowest BCUT2D eigenvalue weighted by Crippen LogP contribution is -1.80. The van der Waals surface area contributed by atoms with Gasteiger partial charge in [0.25, 0.3) is 5.24 Å². The van der Waals surface area contributed by atoms with Crippen molar-refractivity contribution in [3.63, 3.8) is 0 Å². The van der Waals surface area contributed by atoms with E-state index in [1.165, 1.54) is 0 Å². The Hall–Kier alpha value is -2.06. The van der Waals surface area contributed by atoms with E-state index in [0.717, 1.165) is 16.5 Å². The average molecular weight is 257 g/mol. The molecule has 0 unspecified atom stereocenters. The van der Waals surface area contributed by atoms with E-state index in [9.17, 15) is 4.79 Å². The third kappa shape index (κ3) is 1.91. The fourth-order valence-corrected chi connectivity index (χ4v) is 2.03. The number of benzene rings is 2. The smallest absolute Gasteiger partial charge is 0.287 e. The minimum absolute atomic E-state index is 0.178. The second-order valence-corrected chi connectivity index (χ2v) is 4.35. The molecule has 0 saturated heterocycles. The summed E-state index contributed by atoms with van der Waals surface area (Å²) in [4.78, 5) is 11.0. The van der Waals surface area contributed by atoms with Crippen molar-refractivity contribution in [2.45, 2.75) is 0 Å². The van der Waals surface area contributed by atoms with E-state index < -0.39 is 5.24 Å². The lowest BCUT2D eigenvalue weighted by atomic mass is 10.0. The summed E-state index contributed by atoms with van der Waals surface area (Å²) in [6.07, 6.45) is 0. The van der Waals surface area contributed by atoms with Crippen molar-refractivity contribution >= 4 is 27.8 Å². The SMILES string of the molecule is O=C(Cl)c1cc2ccc(-c3ccccc3)cc2o1. The summed E-state index contributed by atoms with van der Waals surface area (Å²) in [6.45, 7) is 0. The van der Waals surface area contributed by atoms with Crippen LogP contribution in [0.25, 0.3) is 22.1 Å². The van der Waals surface area contributed by atoms with Crippen LogP contribution in [0.5, 0.6) is 0 Å². The van der Waals surface area contributed by atoms with Gasteiger partial charge in [0.1, 0.15) is 5.58 Å². The van der Waals surface area contributed by atoms with Crippen LogP contribution in [0.1, 0.15) is 10.6 Å². The van der Waals surface area contributed by atoms with Crippen molar-refractivity contribution in [1.82, 2.24) is 0 Å². The van der Waals surface area contributed by atoms with Gasteiger partial charge < -0.3 is 4.42 Å². The van der Waals surface area contributed by atoms with Crippen molar-refractivity contribution in [3.05, 3.63) is 60.4 Å². The molecule has 88 valence electrons. The van der Waals surface area contributed by atoms with Crippen LogP contribution in [0.2, 0.25) is 0 Å². The Morgan fingerprint density at radius 1 is 0.944 bits per heavy atom. The van der Waals surface area contributed by atoms with Crippen LogP contribution < -0.4 is 0 Å². The summed E-state index contributed by atoms with van der Waals surface area (Å²) in [6, 6.07) is 17.5. The molecule has 0 spiro atoms. The van der Waals surface area contributed by atoms with Gasteiger partial charge in [-0.05, 0) is 34.9 Å². The first-order chi connectivity index (χ1) is 8.74. The predicted molar refractivity (Wildman–Crippen MR) is 71.8 cm³/mol. The molecule has 1 heterocycles. The van der Waals surface area contributed by atoms with E-state index in [-0.39, 0.29) is 5.76 Å². The maximum atomic E-state index is 11.0. The second kappa shape index (κ2) is 4.31. The number of carbonyl (C=O) groups is 1. The Morgan fingerprint density at radius 3 is 2.44 bits per heavy atom. The Morgan fingerprint density at radius 2 is 1.72 bits per heavy atom. The maximum absolute atomic E-state index is 11.0. The Bertz CT molecular complexity index is 714. The van der Waals surface area contributed by atoms with Gasteiger partial charge in [0.05, 0.1) is 0 Å². The van der Waals surface area contributed by atoms with Gasteiger partial charge in [-0.25, -0.2) is 0 Å². The fraction of sp³-hybridized carbons (Fsp3) is 0. The number of hydrogen-bond donors (Lipinski definition) is 0. The molecular weight excluding hydrogens is 248 g/mol. The summed E-state index contributed by atoms with van der Waals surface area (Å²) >= 11 is 5.40. The van der Waals surface area contributed by atoms with Crippen LogP contribution in [0.4, 0.5) is 0 Å². The summed E-state index contributed by atoms with van der Waals surface area (Å²) in [5.74, 6) is 0.178. The van der Waals surface area contributed by atoms with Crippen molar-refractivity contribution in [2.75, 3.05) is 0 Å². The van der Waals surface area contributed by atoms with Gasteiger partial charge >= 0.3 is 0 Å².